The van der Waals surface area contributed by atoms with Crippen molar-refractivity contribution in [3.8, 4) is 0 Å². The highest BCUT2D eigenvalue weighted by atomic mass is 35.5. The van der Waals surface area contributed by atoms with Crippen molar-refractivity contribution in [2.24, 2.45) is 0 Å². The van der Waals surface area contributed by atoms with E-state index in [2.05, 4.69) is 16.4 Å². The highest BCUT2D eigenvalue weighted by molar-refractivity contribution is 6.42. The topological polar surface area (TPSA) is 62.8 Å². The number of pyridine rings is 1. The van der Waals surface area contributed by atoms with Gasteiger partial charge in [0, 0.05) is 30.2 Å². The number of fused-ring (bicyclic) bond motifs is 3. The summed E-state index contributed by atoms with van der Waals surface area (Å²) in [5.41, 5.74) is 3.53. The monoisotopic (exact) mass is 412 g/mol. The third-order valence-corrected chi connectivity index (χ3v) is 5.88. The van der Waals surface area contributed by atoms with Gasteiger partial charge in [-0.05, 0) is 37.1 Å². The van der Waals surface area contributed by atoms with Gasteiger partial charge in [-0.2, -0.15) is 0 Å². The fraction of sp³-hybridized carbons (Fsp3) is 0.238. The number of aromatic amines is 1. The van der Waals surface area contributed by atoms with Crippen LogP contribution in [0.5, 0.6) is 0 Å². The molecular formula is C21H18Cl2N4O. The lowest BCUT2D eigenvalue weighted by atomic mass is 10.00. The molecule has 2 aromatic carbocycles. The number of hydrogen-bond acceptors (Lipinski definition) is 4. The van der Waals surface area contributed by atoms with Gasteiger partial charge in [-0.1, -0.05) is 41.4 Å². The van der Waals surface area contributed by atoms with Crippen LogP contribution in [0, 0.1) is 0 Å². The fourth-order valence-corrected chi connectivity index (χ4v) is 3.97. The minimum atomic E-state index is 0.373. The summed E-state index contributed by atoms with van der Waals surface area (Å²) < 4.78 is 5.50. The molecule has 3 heterocycles. The van der Waals surface area contributed by atoms with E-state index in [4.69, 9.17) is 37.9 Å². The molecule has 7 heteroatoms. The van der Waals surface area contributed by atoms with E-state index in [1.165, 1.54) is 0 Å². The molecule has 0 amide bonds. The van der Waals surface area contributed by atoms with Crippen LogP contribution in [0.2, 0.25) is 10.0 Å². The third kappa shape index (κ3) is 3.20. The third-order valence-electron chi connectivity index (χ3n) is 5.14. The SMILES string of the molecule is Clc1ccc(Nc2nc3ccccc3c3nc(C4CCOCC4)[nH]c23)cc1Cl. The van der Waals surface area contributed by atoms with Crippen LogP contribution in [-0.4, -0.2) is 28.2 Å². The van der Waals surface area contributed by atoms with Crippen LogP contribution in [-0.2, 0) is 4.74 Å². The first kappa shape index (κ1) is 17.7. The van der Waals surface area contributed by atoms with Crippen LogP contribution in [0.15, 0.2) is 42.5 Å². The van der Waals surface area contributed by atoms with Gasteiger partial charge in [-0.3, -0.25) is 0 Å². The number of nitrogens with one attached hydrogen (secondary N) is 2. The predicted octanol–water partition coefficient (Wildman–Crippen LogP) is 6.06. The fourth-order valence-electron chi connectivity index (χ4n) is 3.67. The van der Waals surface area contributed by atoms with Gasteiger partial charge in [0.25, 0.3) is 0 Å². The molecule has 0 aliphatic carbocycles. The summed E-state index contributed by atoms with van der Waals surface area (Å²) >= 11 is 12.2. The molecule has 0 bridgehead atoms. The molecule has 142 valence electrons. The summed E-state index contributed by atoms with van der Waals surface area (Å²) in [6.45, 7) is 1.55. The number of nitrogens with zero attached hydrogens (tertiary/aromatic N) is 2. The number of hydrogen-bond donors (Lipinski definition) is 2. The van der Waals surface area contributed by atoms with Crippen LogP contribution < -0.4 is 5.32 Å². The average molecular weight is 413 g/mol. The Labute approximate surface area is 172 Å². The van der Waals surface area contributed by atoms with Crippen LogP contribution in [0.4, 0.5) is 11.5 Å². The molecule has 0 unspecified atom stereocenters. The van der Waals surface area contributed by atoms with Crippen molar-refractivity contribution in [1.29, 1.82) is 0 Å². The van der Waals surface area contributed by atoms with E-state index in [1.54, 1.807) is 12.1 Å². The summed E-state index contributed by atoms with van der Waals surface area (Å²) in [5, 5.41) is 5.42. The first-order valence-electron chi connectivity index (χ1n) is 9.27. The molecule has 0 saturated carbocycles. The lowest BCUT2D eigenvalue weighted by molar-refractivity contribution is 0.0838. The molecule has 2 N–H and O–H groups in total. The number of ether oxygens (including phenoxy) is 1. The normalized spacial score (nSPS) is 15.4. The molecule has 0 atom stereocenters. The van der Waals surface area contributed by atoms with Crippen LogP contribution >= 0.6 is 23.2 Å². The number of benzene rings is 2. The molecule has 28 heavy (non-hydrogen) atoms. The molecule has 1 fully saturated rings. The molecule has 5 nitrogen and oxygen atoms in total. The van der Waals surface area contributed by atoms with E-state index in [-0.39, 0.29) is 0 Å². The Hall–Kier alpha value is -2.34. The van der Waals surface area contributed by atoms with E-state index >= 15 is 0 Å². The van der Waals surface area contributed by atoms with Crippen LogP contribution in [0.25, 0.3) is 21.9 Å². The van der Waals surface area contributed by atoms with Gasteiger partial charge >= 0.3 is 0 Å². The number of rotatable bonds is 3. The van der Waals surface area contributed by atoms with Crippen molar-refractivity contribution < 1.29 is 4.74 Å². The summed E-state index contributed by atoms with van der Waals surface area (Å²) in [7, 11) is 0. The standard InChI is InChI=1S/C21H18Cl2N4O/c22-15-6-5-13(11-16(15)23)24-21-19-18(14-3-1-2-4-17(14)25-21)26-20(27-19)12-7-9-28-10-8-12/h1-6,11-12H,7-10H2,(H,24,25)(H,26,27). The second-order valence-electron chi connectivity index (χ2n) is 6.96. The van der Waals surface area contributed by atoms with Crippen molar-refractivity contribution in [1.82, 2.24) is 15.0 Å². The highest BCUT2D eigenvalue weighted by Crippen LogP contribution is 2.34. The van der Waals surface area contributed by atoms with E-state index in [0.29, 0.717) is 16.0 Å². The minimum Gasteiger partial charge on any atom is -0.381 e. The van der Waals surface area contributed by atoms with Gasteiger partial charge in [0.05, 0.1) is 15.6 Å². The largest absolute Gasteiger partial charge is 0.381 e. The van der Waals surface area contributed by atoms with Gasteiger partial charge in [0.2, 0.25) is 0 Å². The summed E-state index contributed by atoms with van der Waals surface area (Å²) in [6.07, 6.45) is 1.95. The van der Waals surface area contributed by atoms with E-state index in [9.17, 15) is 0 Å². The van der Waals surface area contributed by atoms with Crippen LogP contribution in [0.3, 0.4) is 0 Å². The molecule has 5 rings (SSSR count). The minimum absolute atomic E-state index is 0.373. The highest BCUT2D eigenvalue weighted by Gasteiger charge is 2.21. The van der Waals surface area contributed by atoms with Crippen molar-refractivity contribution in [3.05, 3.63) is 58.3 Å². The van der Waals surface area contributed by atoms with Crippen molar-refractivity contribution >= 4 is 56.6 Å². The maximum absolute atomic E-state index is 6.17. The Balaban J connectivity index is 1.65. The number of imidazole rings is 1. The smallest absolute Gasteiger partial charge is 0.157 e. The number of aromatic nitrogens is 3. The van der Waals surface area contributed by atoms with Gasteiger partial charge < -0.3 is 15.0 Å². The van der Waals surface area contributed by atoms with Crippen LogP contribution in [0.1, 0.15) is 24.6 Å². The second-order valence-corrected chi connectivity index (χ2v) is 7.78. The van der Waals surface area contributed by atoms with Gasteiger partial charge in [-0.15, -0.1) is 0 Å². The first-order chi connectivity index (χ1) is 13.7. The molecule has 1 saturated heterocycles. The van der Waals surface area contributed by atoms with E-state index < -0.39 is 0 Å². The Morgan fingerprint density at radius 3 is 2.64 bits per heavy atom. The quantitative estimate of drug-likeness (QED) is 0.429. The first-order valence-corrected chi connectivity index (χ1v) is 10.0. The summed E-state index contributed by atoms with van der Waals surface area (Å²) in [5.74, 6) is 2.09. The Morgan fingerprint density at radius 1 is 1.00 bits per heavy atom. The molecular weight excluding hydrogens is 395 g/mol. The van der Waals surface area contributed by atoms with E-state index in [0.717, 1.165) is 65.3 Å². The summed E-state index contributed by atoms with van der Waals surface area (Å²) in [4.78, 5) is 13.3. The lowest BCUT2D eigenvalue weighted by Gasteiger charge is -2.19. The second kappa shape index (κ2) is 7.24. The van der Waals surface area contributed by atoms with Crippen molar-refractivity contribution in [2.75, 3.05) is 18.5 Å². The molecule has 0 radical (unpaired) electrons. The van der Waals surface area contributed by atoms with Gasteiger partial charge in [-0.25, -0.2) is 9.97 Å². The average Bonchev–Trinajstić information content (AvgIpc) is 3.18. The molecule has 2 aromatic heterocycles. The van der Waals surface area contributed by atoms with Gasteiger partial charge in [0.15, 0.2) is 5.82 Å². The molecule has 1 aliphatic heterocycles. The predicted molar refractivity (Wildman–Crippen MR) is 114 cm³/mol. The van der Waals surface area contributed by atoms with E-state index in [1.807, 2.05) is 24.3 Å². The Kier molecular flexibility index (Phi) is 4.59. The molecule has 4 aromatic rings. The number of H-pyrrole nitrogens is 1. The van der Waals surface area contributed by atoms with Crippen molar-refractivity contribution in [2.45, 2.75) is 18.8 Å². The Bertz CT molecular complexity index is 1170. The number of para-hydroxylation sites is 1. The van der Waals surface area contributed by atoms with Crippen molar-refractivity contribution in [3.63, 3.8) is 0 Å². The lowest BCUT2D eigenvalue weighted by Crippen LogP contribution is -2.15. The Morgan fingerprint density at radius 2 is 1.82 bits per heavy atom. The number of halogens is 2. The number of anilines is 2. The zero-order valence-corrected chi connectivity index (χ0v) is 16.5. The zero-order valence-electron chi connectivity index (χ0n) is 15.0. The maximum Gasteiger partial charge on any atom is 0.157 e. The van der Waals surface area contributed by atoms with Gasteiger partial charge in [0.1, 0.15) is 16.9 Å². The zero-order chi connectivity index (χ0) is 19.1. The molecule has 0 spiro atoms. The molecule has 1 aliphatic rings. The maximum atomic E-state index is 6.17. The summed E-state index contributed by atoms with van der Waals surface area (Å²) in [6, 6.07) is 13.5.